The van der Waals surface area contributed by atoms with Crippen LogP contribution in [0.1, 0.15) is 50.8 Å². The number of hydrogen-bond acceptors (Lipinski definition) is 6. The van der Waals surface area contributed by atoms with Crippen molar-refractivity contribution in [2.45, 2.75) is 66.5 Å². The molecule has 4 fully saturated rings. The fourth-order valence-corrected chi connectivity index (χ4v) is 7.70. The Bertz CT molecular complexity index is 1000. The highest BCUT2D eigenvalue weighted by Crippen LogP contribution is 2.51. The highest BCUT2D eigenvalue weighted by Gasteiger charge is 2.47. The van der Waals surface area contributed by atoms with E-state index in [0.717, 1.165) is 37.5 Å². The zero-order valence-electron chi connectivity index (χ0n) is 17.7. The van der Waals surface area contributed by atoms with Gasteiger partial charge in [-0.05, 0) is 70.2 Å². The van der Waals surface area contributed by atoms with Gasteiger partial charge in [-0.3, -0.25) is 4.90 Å². The maximum absolute atomic E-state index is 15.1. The quantitative estimate of drug-likeness (QED) is 0.592. The van der Waals surface area contributed by atoms with Gasteiger partial charge in [0, 0.05) is 40.9 Å². The van der Waals surface area contributed by atoms with Crippen molar-refractivity contribution in [3.63, 3.8) is 0 Å². The van der Waals surface area contributed by atoms with Gasteiger partial charge in [0.2, 0.25) is 0 Å². The number of benzene rings is 1. The standard InChI is InChI=1S/C23H28F2N4S2/c24-19-17(31-25)4-3-16-20(19)26-18(5-8-22-6-1-11-29(22)12-2-7-22)27-21(16)28-13-14-30-23(15-28)9-10-23/h3-4H,1-2,5-15H2. The fourth-order valence-electron chi connectivity index (χ4n) is 6.03. The molecule has 0 bridgehead atoms. The number of aryl methyl sites for hydroxylation is 1. The highest BCUT2D eigenvalue weighted by molar-refractivity contribution is 8.01. The largest absolute Gasteiger partial charge is 0.354 e. The van der Waals surface area contributed by atoms with Crippen molar-refractivity contribution in [3.8, 4) is 0 Å². The van der Waals surface area contributed by atoms with E-state index < -0.39 is 5.82 Å². The fraction of sp³-hybridized carbons (Fsp3) is 0.652. The first kappa shape index (κ1) is 20.5. The molecule has 1 aliphatic carbocycles. The number of halogens is 2. The first-order valence-electron chi connectivity index (χ1n) is 11.5. The predicted molar refractivity (Wildman–Crippen MR) is 124 cm³/mol. The monoisotopic (exact) mass is 462 g/mol. The van der Waals surface area contributed by atoms with Crippen LogP contribution in [0.25, 0.3) is 10.9 Å². The van der Waals surface area contributed by atoms with Crippen LogP contribution in [0.2, 0.25) is 0 Å². The molecule has 4 nitrogen and oxygen atoms in total. The van der Waals surface area contributed by atoms with Crippen LogP contribution >= 0.6 is 23.9 Å². The Kier molecular flexibility index (Phi) is 5.11. The summed E-state index contributed by atoms with van der Waals surface area (Å²) in [6, 6.07) is 3.32. The minimum Gasteiger partial charge on any atom is -0.354 e. The van der Waals surface area contributed by atoms with E-state index in [1.807, 2.05) is 0 Å². The van der Waals surface area contributed by atoms with Crippen LogP contribution < -0.4 is 4.90 Å². The van der Waals surface area contributed by atoms with Gasteiger partial charge in [0.15, 0.2) is 5.82 Å². The van der Waals surface area contributed by atoms with Gasteiger partial charge in [-0.15, -0.1) is 0 Å². The molecule has 0 atom stereocenters. The van der Waals surface area contributed by atoms with Gasteiger partial charge < -0.3 is 4.90 Å². The number of fused-ring (bicyclic) bond motifs is 2. The Hall–Kier alpha value is -1.12. The molecule has 166 valence electrons. The van der Waals surface area contributed by atoms with Crippen LogP contribution in [0.4, 0.5) is 14.1 Å². The summed E-state index contributed by atoms with van der Waals surface area (Å²) in [5, 5.41) is 0.711. The van der Waals surface area contributed by atoms with Crippen molar-refractivity contribution < 1.29 is 8.28 Å². The van der Waals surface area contributed by atoms with Gasteiger partial charge in [-0.25, -0.2) is 14.4 Å². The second-order valence-electron chi connectivity index (χ2n) is 9.69. The second kappa shape index (κ2) is 7.73. The average Bonchev–Trinajstić information content (AvgIpc) is 3.21. The summed E-state index contributed by atoms with van der Waals surface area (Å²) in [7, 11) is 0. The van der Waals surface area contributed by atoms with Crippen molar-refractivity contribution in [1.29, 1.82) is 0 Å². The second-order valence-corrected chi connectivity index (χ2v) is 11.8. The molecule has 6 rings (SSSR count). The number of nitrogens with zero attached hydrogens (tertiary/aromatic N) is 4. The molecule has 1 aromatic carbocycles. The van der Waals surface area contributed by atoms with E-state index in [2.05, 4.69) is 26.5 Å². The topological polar surface area (TPSA) is 32.3 Å². The van der Waals surface area contributed by atoms with Gasteiger partial charge in [0.1, 0.15) is 17.2 Å². The van der Waals surface area contributed by atoms with E-state index in [0.29, 0.717) is 16.0 Å². The maximum atomic E-state index is 15.1. The Morgan fingerprint density at radius 3 is 2.61 bits per heavy atom. The third-order valence-corrected chi connectivity index (χ3v) is 9.88. The average molecular weight is 463 g/mol. The van der Waals surface area contributed by atoms with Gasteiger partial charge in [-0.2, -0.15) is 15.6 Å². The van der Waals surface area contributed by atoms with Crippen molar-refractivity contribution in [3.05, 3.63) is 23.8 Å². The summed E-state index contributed by atoms with van der Waals surface area (Å²) in [6.07, 6.45) is 9.30. The smallest absolute Gasteiger partial charge is 0.165 e. The molecule has 1 aromatic heterocycles. The summed E-state index contributed by atoms with van der Waals surface area (Å²) in [5.41, 5.74) is 0.561. The normalized spacial score (nSPS) is 24.3. The van der Waals surface area contributed by atoms with Crippen LogP contribution in [0.3, 0.4) is 0 Å². The molecule has 2 aromatic rings. The first-order chi connectivity index (χ1) is 15.1. The lowest BCUT2D eigenvalue weighted by molar-refractivity contribution is 0.182. The van der Waals surface area contributed by atoms with Crippen LogP contribution in [-0.2, 0) is 6.42 Å². The molecular weight excluding hydrogens is 434 g/mol. The summed E-state index contributed by atoms with van der Waals surface area (Å²) in [6.45, 7) is 4.27. The number of anilines is 1. The third-order valence-electron chi connectivity index (χ3n) is 7.86. The first-order valence-corrected chi connectivity index (χ1v) is 13.2. The lowest BCUT2D eigenvalue weighted by Crippen LogP contribution is -2.40. The van der Waals surface area contributed by atoms with Crippen LogP contribution in [-0.4, -0.2) is 57.1 Å². The van der Waals surface area contributed by atoms with E-state index in [9.17, 15) is 3.89 Å². The summed E-state index contributed by atoms with van der Waals surface area (Å²) in [4.78, 5) is 14.6. The molecule has 0 unspecified atom stereocenters. The molecule has 3 saturated heterocycles. The van der Waals surface area contributed by atoms with E-state index in [1.54, 1.807) is 6.07 Å². The van der Waals surface area contributed by atoms with Gasteiger partial charge in [-0.1, -0.05) is 0 Å². The maximum Gasteiger partial charge on any atom is 0.165 e. The highest BCUT2D eigenvalue weighted by atomic mass is 32.2. The van der Waals surface area contributed by atoms with Crippen molar-refractivity contribution >= 4 is 40.6 Å². The lowest BCUT2D eigenvalue weighted by atomic mass is 9.89. The van der Waals surface area contributed by atoms with E-state index >= 15 is 4.39 Å². The summed E-state index contributed by atoms with van der Waals surface area (Å²) >= 11 is 2.02. The molecule has 3 aliphatic heterocycles. The molecular formula is C23H28F2N4S2. The SMILES string of the molecule is FSc1ccc2c(N3CCSC4(CC4)C3)nc(CCC34CCCN3CCC4)nc2c1F. The number of aromatic nitrogens is 2. The summed E-state index contributed by atoms with van der Waals surface area (Å²) in [5.74, 6) is 2.07. The van der Waals surface area contributed by atoms with Crippen molar-refractivity contribution in [2.75, 3.05) is 36.8 Å². The van der Waals surface area contributed by atoms with Gasteiger partial charge in [0.25, 0.3) is 0 Å². The summed E-state index contributed by atoms with van der Waals surface area (Å²) < 4.78 is 28.8. The molecule has 1 spiro atoms. The number of hydrogen-bond donors (Lipinski definition) is 0. The molecule has 8 heteroatoms. The van der Waals surface area contributed by atoms with E-state index in [1.165, 1.54) is 57.7 Å². The Balaban J connectivity index is 1.37. The Labute approximate surface area is 190 Å². The molecule has 4 aliphatic rings. The van der Waals surface area contributed by atoms with Crippen LogP contribution in [0, 0.1) is 5.82 Å². The Morgan fingerprint density at radius 2 is 1.87 bits per heavy atom. The lowest BCUT2D eigenvalue weighted by Gasteiger charge is -2.34. The van der Waals surface area contributed by atoms with Gasteiger partial charge in [0.05, 0.1) is 17.0 Å². The van der Waals surface area contributed by atoms with Crippen molar-refractivity contribution in [2.24, 2.45) is 0 Å². The van der Waals surface area contributed by atoms with Crippen LogP contribution in [0.15, 0.2) is 17.0 Å². The number of rotatable bonds is 5. The predicted octanol–water partition coefficient (Wildman–Crippen LogP) is 5.39. The molecule has 0 radical (unpaired) electrons. The minimum atomic E-state index is -0.552. The third kappa shape index (κ3) is 3.53. The zero-order chi connectivity index (χ0) is 21.1. The molecule has 1 saturated carbocycles. The Morgan fingerprint density at radius 1 is 1.06 bits per heavy atom. The number of thioether (sulfide) groups is 1. The van der Waals surface area contributed by atoms with E-state index in [4.69, 9.17) is 4.98 Å². The molecule has 0 N–H and O–H groups in total. The van der Waals surface area contributed by atoms with E-state index in [-0.39, 0.29) is 28.1 Å². The molecule has 0 amide bonds. The molecule has 31 heavy (non-hydrogen) atoms. The van der Waals surface area contributed by atoms with Crippen LogP contribution in [0.5, 0.6) is 0 Å². The zero-order valence-corrected chi connectivity index (χ0v) is 19.3. The van der Waals surface area contributed by atoms with Gasteiger partial charge >= 0.3 is 0 Å². The van der Waals surface area contributed by atoms with Crippen molar-refractivity contribution in [1.82, 2.24) is 14.9 Å². The molecule has 4 heterocycles. The minimum absolute atomic E-state index is 0.00678.